The number of nitrogens with zero attached hydrogens (tertiary/aromatic N) is 2. The van der Waals surface area contributed by atoms with Gasteiger partial charge >= 0.3 is 10.2 Å². The molecule has 2 rings (SSSR count). The van der Waals surface area contributed by atoms with Gasteiger partial charge < -0.3 is 0 Å². The maximum absolute atomic E-state index is 11.9. The zero-order chi connectivity index (χ0) is 15.8. The summed E-state index contributed by atoms with van der Waals surface area (Å²) in [5, 5.41) is 0. The summed E-state index contributed by atoms with van der Waals surface area (Å²) in [5.74, 6) is 0.125. The molecular formula is C12H19N3O4S2. The highest BCUT2D eigenvalue weighted by Crippen LogP contribution is 2.29. The largest absolute Gasteiger partial charge is 0.301 e. The molecule has 118 valence electrons. The lowest BCUT2D eigenvalue weighted by molar-refractivity contribution is 0.527. The molecular weight excluding hydrogens is 314 g/mol. The van der Waals surface area contributed by atoms with E-state index in [4.69, 9.17) is 0 Å². The van der Waals surface area contributed by atoms with Crippen LogP contribution >= 0.6 is 0 Å². The zero-order valence-electron chi connectivity index (χ0n) is 12.2. The maximum atomic E-state index is 11.9. The van der Waals surface area contributed by atoms with Gasteiger partial charge in [0.05, 0.1) is 17.1 Å². The quantitative estimate of drug-likeness (QED) is 0.881. The van der Waals surface area contributed by atoms with Crippen LogP contribution in [0.3, 0.4) is 0 Å². The summed E-state index contributed by atoms with van der Waals surface area (Å²) in [6.45, 7) is 2.18. The average molecular weight is 333 g/mol. The number of hydrogen-bond donors (Lipinski definition) is 1. The zero-order valence-corrected chi connectivity index (χ0v) is 13.8. The number of nitrogens with one attached hydrogen (secondary N) is 1. The van der Waals surface area contributed by atoms with Crippen molar-refractivity contribution < 1.29 is 16.8 Å². The number of sulfonamides is 1. The number of benzene rings is 1. The minimum atomic E-state index is -3.63. The van der Waals surface area contributed by atoms with Crippen LogP contribution in [0.4, 0.5) is 11.4 Å². The summed E-state index contributed by atoms with van der Waals surface area (Å²) in [6.07, 6.45) is 0.578. The van der Waals surface area contributed by atoms with E-state index in [0.717, 1.165) is 9.87 Å². The Morgan fingerprint density at radius 2 is 1.95 bits per heavy atom. The maximum Gasteiger partial charge on any atom is 0.301 e. The minimum Gasteiger partial charge on any atom is -0.271 e. The lowest BCUT2D eigenvalue weighted by atomic mass is 10.2. The molecule has 1 aliphatic heterocycles. The summed E-state index contributed by atoms with van der Waals surface area (Å²) in [7, 11) is -4.07. The molecule has 9 heteroatoms. The molecule has 0 unspecified atom stereocenters. The van der Waals surface area contributed by atoms with Gasteiger partial charge in [0, 0.05) is 20.6 Å². The van der Waals surface area contributed by atoms with E-state index in [-0.39, 0.29) is 5.75 Å². The Bertz CT molecular complexity index is 742. The van der Waals surface area contributed by atoms with Crippen molar-refractivity contribution in [2.24, 2.45) is 0 Å². The number of hydrogen-bond acceptors (Lipinski definition) is 4. The summed E-state index contributed by atoms with van der Waals surface area (Å²) in [5.41, 5.74) is 1.58. The molecule has 0 aromatic heterocycles. The molecule has 0 saturated carbocycles. The van der Waals surface area contributed by atoms with Crippen molar-refractivity contribution in [2.45, 2.75) is 13.3 Å². The predicted molar refractivity (Wildman–Crippen MR) is 83.2 cm³/mol. The molecule has 1 fully saturated rings. The summed E-state index contributed by atoms with van der Waals surface area (Å²) in [4.78, 5) is 0. The highest BCUT2D eigenvalue weighted by molar-refractivity contribution is 7.93. The van der Waals surface area contributed by atoms with Crippen molar-refractivity contribution >= 4 is 31.6 Å². The summed E-state index contributed by atoms with van der Waals surface area (Å²) >= 11 is 0. The van der Waals surface area contributed by atoms with Crippen molar-refractivity contribution in [3.05, 3.63) is 23.8 Å². The SMILES string of the molecule is Cc1ccc(N2CCCS2(=O)=O)cc1NS(=O)(=O)N(C)C. The third-order valence-electron chi connectivity index (χ3n) is 3.33. The second-order valence-corrected chi connectivity index (χ2v) is 9.03. The van der Waals surface area contributed by atoms with Gasteiger partial charge in [-0.1, -0.05) is 6.07 Å². The molecule has 1 saturated heterocycles. The number of rotatable bonds is 4. The fourth-order valence-corrected chi connectivity index (χ4v) is 4.27. The van der Waals surface area contributed by atoms with Gasteiger partial charge in [0.1, 0.15) is 0 Å². The molecule has 1 aromatic rings. The second kappa shape index (κ2) is 5.47. The van der Waals surface area contributed by atoms with Gasteiger partial charge in [-0.05, 0) is 31.0 Å². The molecule has 0 amide bonds. The first-order valence-electron chi connectivity index (χ1n) is 6.45. The molecule has 0 aliphatic carbocycles. The Labute approximate surface area is 125 Å². The Morgan fingerprint density at radius 3 is 2.48 bits per heavy atom. The predicted octanol–water partition coefficient (Wildman–Crippen LogP) is 0.753. The fraction of sp³-hybridized carbons (Fsp3) is 0.500. The van der Waals surface area contributed by atoms with Crippen molar-refractivity contribution in [1.29, 1.82) is 0 Å². The third kappa shape index (κ3) is 3.30. The van der Waals surface area contributed by atoms with Gasteiger partial charge in [-0.25, -0.2) is 8.42 Å². The van der Waals surface area contributed by atoms with Crippen LogP contribution in [-0.4, -0.2) is 47.5 Å². The van der Waals surface area contributed by atoms with Crippen molar-refractivity contribution in [1.82, 2.24) is 4.31 Å². The third-order valence-corrected chi connectivity index (χ3v) is 6.64. The first-order valence-corrected chi connectivity index (χ1v) is 9.50. The van der Waals surface area contributed by atoms with Gasteiger partial charge in [-0.3, -0.25) is 9.03 Å². The van der Waals surface area contributed by atoms with Crippen LogP contribution in [0.15, 0.2) is 18.2 Å². The van der Waals surface area contributed by atoms with Crippen LogP contribution in [-0.2, 0) is 20.2 Å². The molecule has 7 nitrogen and oxygen atoms in total. The lowest BCUT2D eigenvalue weighted by Gasteiger charge is -2.20. The van der Waals surface area contributed by atoms with Crippen LogP contribution in [0.2, 0.25) is 0 Å². The van der Waals surface area contributed by atoms with Gasteiger partial charge in [0.2, 0.25) is 10.0 Å². The highest BCUT2D eigenvalue weighted by atomic mass is 32.2. The Balaban J connectivity index is 2.39. The normalized spacial score (nSPS) is 18.2. The fourth-order valence-electron chi connectivity index (χ4n) is 2.03. The lowest BCUT2D eigenvalue weighted by Crippen LogP contribution is -2.29. The summed E-state index contributed by atoms with van der Waals surface area (Å²) < 4.78 is 52.5. The molecule has 21 heavy (non-hydrogen) atoms. The topological polar surface area (TPSA) is 86.8 Å². The van der Waals surface area contributed by atoms with Gasteiger partial charge in [0.25, 0.3) is 0 Å². The van der Waals surface area contributed by atoms with E-state index in [1.165, 1.54) is 18.4 Å². The van der Waals surface area contributed by atoms with E-state index in [1.54, 1.807) is 25.1 Å². The van der Waals surface area contributed by atoms with Crippen LogP contribution in [0.5, 0.6) is 0 Å². The Hall–Kier alpha value is -1.32. The van der Waals surface area contributed by atoms with E-state index < -0.39 is 20.2 Å². The molecule has 0 radical (unpaired) electrons. The van der Waals surface area contributed by atoms with Crippen molar-refractivity contribution in [3.63, 3.8) is 0 Å². The molecule has 1 N–H and O–H groups in total. The van der Waals surface area contributed by atoms with Crippen LogP contribution in [0.1, 0.15) is 12.0 Å². The standard InChI is InChI=1S/C12H19N3O4S2/c1-10-5-6-11(15-7-4-8-20(15,16)17)9-12(10)13-21(18,19)14(2)3/h5-6,9,13H,4,7-8H2,1-3H3. The van der Waals surface area contributed by atoms with Crippen molar-refractivity contribution in [3.8, 4) is 0 Å². The minimum absolute atomic E-state index is 0.125. The van der Waals surface area contributed by atoms with Crippen LogP contribution in [0.25, 0.3) is 0 Å². The first-order chi connectivity index (χ1) is 9.63. The van der Waals surface area contributed by atoms with E-state index in [1.807, 2.05) is 0 Å². The number of anilines is 2. The number of aryl methyl sites for hydroxylation is 1. The van der Waals surface area contributed by atoms with Gasteiger partial charge in [-0.15, -0.1) is 0 Å². The average Bonchev–Trinajstić information content (AvgIpc) is 2.71. The van der Waals surface area contributed by atoms with Crippen LogP contribution in [0, 0.1) is 6.92 Å². The first kappa shape index (κ1) is 16.1. The molecule has 0 spiro atoms. The second-order valence-electron chi connectivity index (χ2n) is 5.13. The van der Waals surface area contributed by atoms with E-state index in [0.29, 0.717) is 24.3 Å². The monoisotopic (exact) mass is 333 g/mol. The van der Waals surface area contributed by atoms with E-state index >= 15 is 0 Å². The molecule has 1 aliphatic rings. The van der Waals surface area contributed by atoms with Gasteiger partial charge in [-0.2, -0.15) is 12.7 Å². The Morgan fingerprint density at radius 1 is 1.29 bits per heavy atom. The molecule has 0 bridgehead atoms. The molecule has 1 aromatic carbocycles. The molecule has 1 heterocycles. The van der Waals surface area contributed by atoms with E-state index in [9.17, 15) is 16.8 Å². The van der Waals surface area contributed by atoms with Crippen molar-refractivity contribution in [2.75, 3.05) is 35.4 Å². The van der Waals surface area contributed by atoms with Gasteiger partial charge in [0.15, 0.2) is 0 Å². The highest BCUT2D eigenvalue weighted by Gasteiger charge is 2.29. The van der Waals surface area contributed by atoms with Crippen LogP contribution < -0.4 is 9.03 Å². The Kier molecular flexibility index (Phi) is 4.18. The van der Waals surface area contributed by atoms with E-state index in [2.05, 4.69) is 4.72 Å². The summed E-state index contributed by atoms with van der Waals surface area (Å²) in [6, 6.07) is 4.95. The smallest absolute Gasteiger partial charge is 0.271 e. The molecule has 0 atom stereocenters.